The van der Waals surface area contributed by atoms with E-state index in [4.69, 9.17) is 4.74 Å². The van der Waals surface area contributed by atoms with Gasteiger partial charge in [0.25, 0.3) is 0 Å². The van der Waals surface area contributed by atoms with E-state index in [2.05, 4.69) is 36.2 Å². The zero-order valence-corrected chi connectivity index (χ0v) is 18.8. The van der Waals surface area contributed by atoms with Gasteiger partial charge in [0.1, 0.15) is 5.75 Å². The van der Waals surface area contributed by atoms with E-state index in [-0.39, 0.29) is 24.2 Å². The van der Waals surface area contributed by atoms with Gasteiger partial charge in [-0.25, -0.2) is 0 Å². The fraction of sp³-hybridized carbons (Fsp3) is 0.440. The summed E-state index contributed by atoms with van der Waals surface area (Å²) >= 11 is 0. The molecule has 31 heavy (non-hydrogen) atoms. The number of hydrogen-bond donors (Lipinski definition) is 1. The monoisotopic (exact) mass is 423 g/mol. The highest BCUT2D eigenvalue weighted by atomic mass is 16.5. The topological polar surface area (TPSA) is 61.9 Å². The molecule has 2 aromatic rings. The first-order valence-electron chi connectivity index (χ1n) is 11.2. The molecule has 0 radical (unpaired) electrons. The third kappa shape index (κ3) is 5.85. The third-order valence-electron chi connectivity index (χ3n) is 5.82. The Hall–Kier alpha value is -2.86. The molecule has 1 fully saturated rings. The molecule has 1 aliphatic heterocycles. The van der Waals surface area contributed by atoms with Crippen molar-refractivity contribution in [3.8, 4) is 5.75 Å². The summed E-state index contributed by atoms with van der Waals surface area (Å²) in [7, 11) is 0. The fourth-order valence-electron chi connectivity index (χ4n) is 3.92. The summed E-state index contributed by atoms with van der Waals surface area (Å²) in [5, 5.41) is 3.05. The van der Waals surface area contributed by atoms with Crippen LogP contribution in [-0.2, 0) is 22.7 Å². The van der Waals surface area contributed by atoms with Crippen LogP contribution in [0.4, 0.5) is 5.69 Å². The highest BCUT2D eigenvalue weighted by molar-refractivity contribution is 6.00. The van der Waals surface area contributed by atoms with Crippen molar-refractivity contribution < 1.29 is 14.3 Å². The van der Waals surface area contributed by atoms with Gasteiger partial charge in [-0.2, -0.15) is 0 Å². The molecule has 0 bridgehead atoms. The van der Waals surface area contributed by atoms with Crippen LogP contribution in [0.3, 0.4) is 0 Å². The van der Waals surface area contributed by atoms with Crippen molar-refractivity contribution in [1.82, 2.24) is 10.2 Å². The van der Waals surface area contributed by atoms with E-state index in [0.717, 1.165) is 36.6 Å². The molecule has 1 aliphatic rings. The molecule has 0 saturated carbocycles. The van der Waals surface area contributed by atoms with E-state index in [9.17, 15) is 9.59 Å². The van der Waals surface area contributed by atoms with Crippen molar-refractivity contribution in [2.24, 2.45) is 5.92 Å². The van der Waals surface area contributed by atoms with Crippen LogP contribution in [0.2, 0.25) is 0 Å². The smallest absolute Gasteiger partial charge is 0.227 e. The van der Waals surface area contributed by atoms with Gasteiger partial charge in [0.15, 0.2) is 0 Å². The average molecular weight is 424 g/mol. The van der Waals surface area contributed by atoms with Gasteiger partial charge in [-0.3, -0.25) is 14.5 Å². The minimum Gasteiger partial charge on any atom is -0.494 e. The Morgan fingerprint density at radius 1 is 1.06 bits per heavy atom. The van der Waals surface area contributed by atoms with E-state index in [1.807, 2.05) is 43.3 Å². The molecule has 3 rings (SSSR count). The maximum Gasteiger partial charge on any atom is 0.227 e. The summed E-state index contributed by atoms with van der Waals surface area (Å²) in [5.74, 6) is 0.343. The quantitative estimate of drug-likeness (QED) is 0.634. The molecule has 2 aromatic carbocycles. The van der Waals surface area contributed by atoms with E-state index < -0.39 is 0 Å². The van der Waals surface area contributed by atoms with Gasteiger partial charge in [-0.15, -0.1) is 0 Å². The van der Waals surface area contributed by atoms with E-state index in [1.165, 1.54) is 5.56 Å². The number of ether oxygens (including phenoxy) is 1. The molecule has 1 saturated heterocycles. The van der Waals surface area contributed by atoms with Crippen LogP contribution in [0.15, 0.2) is 48.5 Å². The van der Waals surface area contributed by atoms with Crippen LogP contribution in [0.5, 0.6) is 5.75 Å². The number of carbonyl (C=O) groups is 2. The Bertz CT molecular complexity index is 878. The first kappa shape index (κ1) is 22.8. The molecule has 166 valence electrons. The fourth-order valence-corrected chi connectivity index (χ4v) is 3.92. The number of hydrogen-bond acceptors (Lipinski definition) is 4. The Morgan fingerprint density at radius 3 is 2.39 bits per heavy atom. The molecule has 6 heteroatoms. The standard InChI is InChI=1S/C25H33N3O3/c1-4-27(5-2)17-20-10-8-7-9-19(20)16-26-25(30)21-15-24(29)28(18-21)22-11-13-23(14-12-22)31-6-3/h7-14,21H,4-6,15-18H2,1-3H3,(H,26,30). The largest absolute Gasteiger partial charge is 0.494 e. The third-order valence-corrected chi connectivity index (χ3v) is 5.82. The van der Waals surface area contributed by atoms with Crippen molar-refractivity contribution in [1.29, 1.82) is 0 Å². The van der Waals surface area contributed by atoms with Gasteiger partial charge >= 0.3 is 0 Å². The summed E-state index contributed by atoms with van der Waals surface area (Å²) < 4.78 is 5.46. The second kappa shape index (κ2) is 11.0. The van der Waals surface area contributed by atoms with Gasteiger partial charge in [-0.1, -0.05) is 38.1 Å². The van der Waals surface area contributed by atoms with Crippen LogP contribution in [-0.4, -0.2) is 43.0 Å². The number of nitrogens with zero attached hydrogens (tertiary/aromatic N) is 2. The minimum atomic E-state index is -0.339. The van der Waals surface area contributed by atoms with Crippen molar-refractivity contribution in [2.75, 3.05) is 31.1 Å². The summed E-state index contributed by atoms with van der Waals surface area (Å²) in [6.45, 7) is 10.6. The van der Waals surface area contributed by atoms with Gasteiger partial charge in [0.05, 0.1) is 12.5 Å². The predicted molar refractivity (Wildman–Crippen MR) is 123 cm³/mol. The molecule has 6 nitrogen and oxygen atoms in total. The van der Waals surface area contributed by atoms with Crippen LogP contribution >= 0.6 is 0 Å². The summed E-state index contributed by atoms with van der Waals surface area (Å²) in [6.07, 6.45) is 0.236. The first-order chi connectivity index (χ1) is 15.0. The minimum absolute atomic E-state index is 0.0220. The molecular formula is C25H33N3O3. The Balaban J connectivity index is 1.59. The van der Waals surface area contributed by atoms with Gasteiger partial charge in [-0.05, 0) is 55.4 Å². The Labute approximate surface area is 185 Å². The van der Waals surface area contributed by atoms with Crippen LogP contribution in [0, 0.1) is 5.92 Å². The van der Waals surface area contributed by atoms with Crippen molar-refractivity contribution in [3.05, 3.63) is 59.7 Å². The van der Waals surface area contributed by atoms with Crippen molar-refractivity contribution in [3.63, 3.8) is 0 Å². The van der Waals surface area contributed by atoms with Crippen LogP contribution in [0.1, 0.15) is 38.3 Å². The molecule has 2 amide bonds. The molecule has 1 heterocycles. The molecule has 1 atom stereocenters. The van der Waals surface area contributed by atoms with Crippen LogP contribution < -0.4 is 15.0 Å². The van der Waals surface area contributed by atoms with Crippen LogP contribution in [0.25, 0.3) is 0 Å². The average Bonchev–Trinajstić information content (AvgIpc) is 3.19. The van der Waals surface area contributed by atoms with Gasteiger partial charge in [0.2, 0.25) is 11.8 Å². The molecule has 0 spiro atoms. The van der Waals surface area contributed by atoms with E-state index in [0.29, 0.717) is 19.7 Å². The zero-order chi connectivity index (χ0) is 22.2. The summed E-state index contributed by atoms with van der Waals surface area (Å²) in [4.78, 5) is 29.4. The van der Waals surface area contributed by atoms with E-state index in [1.54, 1.807) is 4.90 Å². The lowest BCUT2D eigenvalue weighted by Gasteiger charge is -2.20. The maximum atomic E-state index is 12.8. The zero-order valence-electron chi connectivity index (χ0n) is 18.8. The molecule has 0 aliphatic carbocycles. The maximum absolute atomic E-state index is 12.8. The second-order valence-corrected chi connectivity index (χ2v) is 7.78. The molecule has 1 unspecified atom stereocenters. The highest BCUT2D eigenvalue weighted by Crippen LogP contribution is 2.27. The lowest BCUT2D eigenvalue weighted by atomic mass is 10.1. The number of carbonyl (C=O) groups excluding carboxylic acids is 2. The number of rotatable bonds is 10. The van der Waals surface area contributed by atoms with E-state index >= 15 is 0 Å². The van der Waals surface area contributed by atoms with Gasteiger partial charge in [0, 0.05) is 31.7 Å². The van der Waals surface area contributed by atoms with Crippen molar-refractivity contribution in [2.45, 2.75) is 40.3 Å². The molecule has 0 aromatic heterocycles. The van der Waals surface area contributed by atoms with Gasteiger partial charge < -0.3 is 15.0 Å². The summed E-state index contributed by atoms with van der Waals surface area (Å²) in [6, 6.07) is 15.7. The molecular weight excluding hydrogens is 390 g/mol. The normalized spacial score (nSPS) is 16.1. The Kier molecular flexibility index (Phi) is 8.06. The number of amides is 2. The lowest BCUT2D eigenvalue weighted by molar-refractivity contribution is -0.126. The summed E-state index contributed by atoms with van der Waals surface area (Å²) in [5.41, 5.74) is 3.15. The lowest BCUT2D eigenvalue weighted by Crippen LogP contribution is -2.33. The SMILES string of the molecule is CCOc1ccc(N2CC(C(=O)NCc3ccccc3CN(CC)CC)CC2=O)cc1. The highest BCUT2D eigenvalue weighted by Gasteiger charge is 2.35. The van der Waals surface area contributed by atoms with Crippen molar-refractivity contribution >= 4 is 17.5 Å². The molecule has 1 N–H and O–H groups in total. The first-order valence-corrected chi connectivity index (χ1v) is 11.2. The number of nitrogens with one attached hydrogen (secondary N) is 1. The number of benzene rings is 2. The Morgan fingerprint density at radius 2 is 1.74 bits per heavy atom. The second-order valence-electron chi connectivity index (χ2n) is 7.78. The number of anilines is 1. The predicted octanol–water partition coefficient (Wildman–Crippen LogP) is 3.60.